The molecule has 0 aromatic carbocycles. The Labute approximate surface area is 60.5 Å². The molecule has 4 nitrogen and oxygen atoms in total. The van der Waals surface area contributed by atoms with E-state index in [1.165, 1.54) is 0 Å². The first-order valence-corrected chi connectivity index (χ1v) is 3.58. The van der Waals surface area contributed by atoms with Crippen molar-refractivity contribution in [3.05, 3.63) is 0 Å². The van der Waals surface area contributed by atoms with Crippen molar-refractivity contribution >= 4 is 0 Å². The molecule has 0 aromatic rings. The molecule has 60 valence electrons. The fourth-order valence-electron chi connectivity index (χ4n) is 1.24. The summed E-state index contributed by atoms with van der Waals surface area (Å²) in [5.41, 5.74) is 0. The lowest BCUT2D eigenvalue weighted by Gasteiger charge is -2.18. The van der Waals surface area contributed by atoms with Crippen LogP contribution in [0.4, 0.5) is 0 Å². The van der Waals surface area contributed by atoms with Crippen LogP contribution >= 0.6 is 0 Å². The van der Waals surface area contributed by atoms with Gasteiger partial charge in [-0.25, -0.2) is 5.90 Å². The molecule has 1 aliphatic rings. The maximum absolute atomic E-state index is 9.25. The Hall–Kier alpha value is -0.160. The van der Waals surface area contributed by atoms with Crippen LogP contribution in [0.5, 0.6) is 0 Å². The van der Waals surface area contributed by atoms with Gasteiger partial charge < -0.3 is 9.94 Å². The van der Waals surface area contributed by atoms with Gasteiger partial charge in [0.2, 0.25) is 0 Å². The van der Waals surface area contributed by atoms with Gasteiger partial charge >= 0.3 is 0 Å². The summed E-state index contributed by atoms with van der Waals surface area (Å²) in [6, 6.07) is 0. The van der Waals surface area contributed by atoms with Gasteiger partial charge in [-0.2, -0.15) is 0 Å². The number of nitrogens with two attached hydrogens (primary N) is 1. The summed E-state index contributed by atoms with van der Waals surface area (Å²) in [4.78, 5) is 6.36. The Kier molecular flexibility index (Phi) is 3.08. The van der Waals surface area contributed by atoms with E-state index in [4.69, 9.17) is 5.90 Å². The summed E-state index contributed by atoms with van der Waals surface area (Å²) in [6.45, 7) is 2.19. The van der Waals surface area contributed by atoms with E-state index in [0.29, 0.717) is 6.61 Å². The molecule has 1 unspecified atom stereocenters. The molecule has 10 heavy (non-hydrogen) atoms. The maximum Gasteiger partial charge on any atom is 0.107 e. The Bertz CT molecular complexity index is 99.7. The van der Waals surface area contributed by atoms with E-state index in [9.17, 15) is 5.11 Å². The highest BCUT2D eigenvalue weighted by atomic mass is 16.6. The molecule has 1 saturated heterocycles. The first-order chi connectivity index (χ1) is 4.84. The Morgan fingerprint density at radius 3 is 3.00 bits per heavy atom. The lowest BCUT2D eigenvalue weighted by molar-refractivity contribution is 0.0144. The molecule has 0 saturated carbocycles. The Balaban J connectivity index is 2.14. The zero-order chi connectivity index (χ0) is 7.40. The molecule has 0 aliphatic carbocycles. The highest BCUT2D eigenvalue weighted by Crippen LogP contribution is 2.12. The number of hydrogen-bond donors (Lipinski definition) is 2. The highest BCUT2D eigenvalue weighted by molar-refractivity contribution is 4.69. The van der Waals surface area contributed by atoms with Crippen LogP contribution in [0.25, 0.3) is 0 Å². The summed E-state index contributed by atoms with van der Waals surface area (Å²) >= 11 is 0. The number of nitrogens with zero attached hydrogens (tertiary/aromatic N) is 1. The lowest BCUT2D eigenvalue weighted by atomic mass is 10.4. The first kappa shape index (κ1) is 7.94. The monoisotopic (exact) mass is 146 g/mol. The van der Waals surface area contributed by atoms with Crippen molar-refractivity contribution in [2.75, 3.05) is 19.7 Å². The molecule has 1 aliphatic heterocycles. The molecule has 0 spiro atoms. The van der Waals surface area contributed by atoms with Crippen molar-refractivity contribution in [3.63, 3.8) is 0 Å². The molecule has 1 atom stereocenters. The quantitative estimate of drug-likeness (QED) is 0.516. The summed E-state index contributed by atoms with van der Waals surface area (Å²) < 4.78 is 0. The summed E-state index contributed by atoms with van der Waals surface area (Å²) in [7, 11) is 0. The van der Waals surface area contributed by atoms with Crippen molar-refractivity contribution in [1.29, 1.82) is 0 Å². The van der Waals surface area contributed by atoms with E-state index >= 15 is 0 Å². The number of likely N-dealkylation sites (tertiary alicyclic amines) is 1. The minimum Gasteiger partial charge on any atom is -0.378 e. The van der Waals surface area contributed by atoms with Crippen LogP contribution < -0.4 is 5.90 Å². The third-order valence-electron chi connectivity index (χ3n) is 1.83. The largest absolute Gasteiger partial charge is 0.378 e. The van der Waals surface area contributed by atoms with Gasteiger partial charge in [0, 0.05) is 13.1 Å². The Morgan fingerprint density at radius 1 is 1.70 bits per heavy atom. The van der Waals surface area contributed by atoms with Gasteiger partial charge in [-0.05, 0) is 12.8 Å². The van der Waals surface area contributed by atoms with E-state index in [1.54, 1.807) is 0 Å². The van der Waals surface area contributed by atoms with Gasteiger partial charge in [0.15, 0.2) is 0 Å². The normalized spacial score (nSPS) is 27.6. The molecule has 3 N–H and O–H groups in total. The van der Waals surface area contributed by atoms with Crippen LogP contribution in [-0.2, 0) is 4.84 Å². The smallest absolute Gasteiger partial charge is 0.107 e. The molecule has 0 bridgehead atoms. The maximum atomic E-state index is 9.25. The topological polar surface area (TPSA) is 58.7 Å². The summed E-state index contributed by atoms with van der Waals surface area (Å²) in [5, 5.41) is 9.25. The van der Waals surface area contributed by atoms with Crippen LogP contribution in [0.1, 0.15) is 12.8 Å². The SMILES string of the molecule is NOCCN1CCCC1O. The van der Waals surface area contributed by atoms with E-state index < -0.39 is 0 Å². The van der Waals surface area contributed by atoms with Gasteiger partial charge in [-0.1, -0.05) is 0 Å². The van der Waals surface area contributed by atoms with Gasteiger partial charge in [0.25, 0.3) is 0 Å². The van der Waals surface area contributed by atoms with Crippen LogP contribution in [0.3, 0.4) is 0 Å². The van der Waals surface area contributed by atoms with E-state index in [-0.39, 0.29) is 6.23 Å². The lowest BCUT2D eigenvalue weighted by Crippen LogP contribution is -2.32. The van der Waals surface area contributed by atoms with Crippen LogP contribution in [0, 0.1) is 0 Å². The summed E-state index contributed by atoms with van der Waals surface area (Å²) in [6.07, 6.45) is 1.69. The van der Waals surface area contributed by atoms with Crippen molar-refractivity contribution in [3.8, 4) is 0 Å². The third-order valence-corrected chi connectivity index (χ3v) is 1.83. The fourth-order valence-corrected chi connectivity index (χ4v) is 1.24. The second-order valence-corrected chi connectivity index (χ2v) is 2.53. The molecule has 0 aromatic heterocycles. The second-order valence-electron chi connectivity index (χ2n) is 2.53. The highest BCUT2D eigenvalue weighted by Gasteiger charge is 2.20. The van der Waals surface area contributed by atoms with Crippen LogP contribution in [0.2, 0.25) is 0 Å². The zero-order valence-electron chi connectivity index (χ0n) is 5.99. The number of aliphatic hydroxyl groups excluding tert-OH is 1. The Morgan fingerprint density at radius 2 is 2.50 bits per heavy atom. The minimum absolute atomic E-state index is 0.268. The predicted molar refractivity (Wildman–Crippen MR) is 37.0 cm³/mol. The average molecular weight is 146 g/mol. The third kappa shape index (κ3) is 1.91. The molecular formula is C6H14N2O2. The van der Waals surface area contributed by atoms with Crippen LogP contribution in [0.15, 0.2) is 0 Å². The van der Waals surface area contributed by atoms with Crippen molar-refractivity contribution in [2.45, 2.75) is 19.1 Å². The van der Waals surface area contributed by atoms with Gasteiger partial charge in [-0.3, -0.25) is 4.90 Å². The average Bonchev–Trinajstić information content (AvgIpc) is 2.31. The first-order valence-electron chi connectivity index (χ1n) is 3.58. The van der Waals surface area contributed by atoms with Crippen molar-refractivity contribution in [1.82, 2.24) is 4.90 Å². The molecule has 1 fully saturated rings. The molecule has 0 amide bonds. The molecule has 0 radical (unpaired) electrons. The van der Waals surface area contributed by atoms with Gasteiger partial charge in [-0.15, -0.1) is 0 Å². The number of hydrogen-bond acceptors (Lipinski definition) is 4. The van der Waals surface area contributed by atoms with E-state index in [2.05, 4.69) is 4.84 Å². The van der Waals surface area contributed by atoms with Gasteiger partial charge in [0.1, 0.15) is 6.23 Å². The van der Waals surface area contributed by atoms with Crippen molar-refractivity contribution < 1.29 is 9.94 Å². The zero-order valence-corrected chi connectivity index (χ0v) is 5.99. The van der Waals surface area contributed by atoms with E-state index in [1.807, 2.05) is 4.90 Å². The predicted octanol–water partition coefficient (Wildman–Crippen LogP) is -0.709. The van der Waals surface area contributed by atoms with Crippen LogP contribution in [-0.4, -0.2) is 35.9 Å². The molecule has 4 heteroatoms. The molecule has 1 heterocycles. The number of aliphatic hydroxyl groups is 1. The van der Waals surface area contributed by atoms with Gasteiger partial charge in [0.05, 0.1) is 6.61 Å². The molecular weight excluding hydrogens is 132 g/mol. The standard InChI is InChI=1S/C6H14N2O2/c7-10-5-4-8-3-1-2-6(8)9/h6,9H,1-5,7H2. The van der Waals surface area contributed by atoms with Crippen molar-refractivity contribution in [2.24, 2.45) is 5.90 Å². The molecule has 1 rings (SSSR count). The summed E-state index contributed by atoms with van der Waals surface area (Å²) in [5.74, 6) is 4.84. The number of rotatable bonds is 3. The minimum atomic E-state index is -0.268. The fraction of sp³-hybridized carbons (Fsp3) is 1.00. The second kappa shape index (κ2) is 3.88. The van der Waals surface area contributed by atoms with E-state index in [0.717, 1.165) is 25.9 Å².